The van der Waals surface area contributed by atoms with Gasteiger partial charge in [0, 0.05) is 26.2 Å². The number of para-hydroxylation sites is 2. The molecule has 2 atom stereocenters. The standard InChI is InChI=1S/C26H34N4/c1-20-7-3-4-8-23(20)22-13-11-21(12-14-22)19-30-25-10-6-5-9-24(25)27-26(30)29-17-15-28(2)16-18-29/h5-6,9-14,20,23H,3-4,7-8,15-19H2,1-2H3/t20-,23?/m1/s1. The highest BCUT2D eigenvalue weighted by Gasteiger charge is 2.23. The number of likely N-dealkylation sites (N-methyl/N-ethyl adjacent to an activating group) is 1. The monoisotopic (exact) mass is 402 g/mol. The minimum Gasteiger partial charge on any atom is -0.340 e. The van der Waals surface area contributed by atoms with E-state index in [1.807, 2.05) is 0 Å². The van der Waals surface area contributed by atoms with Crippen LogP contribution in [0.2, 0.25) is 0 Å². The van der Waals surface area contributed by atoms with Crippen molar-refractivity contribution >= 4 is 17.0 Å². The van der Waals surface area contributed by atoms with Crippen molar-refractivity contribution in [3.8, 4) is 0 Å². The van der Waals surface area contributed by atoms with Gasteiger partial charge in [-0.3, -0.25) is 0 Å². The zero-order chi connectivity index (χ0) is 20.5. The summed E-state index contributed by atoms with van der Waals surface area (Å²) in [5.74, 6) is 2.67. The first kappa shape index (κ1) is 19.6. The highest BCUT2D eigenvalue weighted by molar-refractivity contribution is 5.79. The summed E-state index contributed by atoms with van der Waals surface area (Å²) in [5, 5.41) is 0. The zero-order valence-electron chi connectivity index (χ0n) is 18.4. The van der Waals surface area contributed by atoms with Gasteiger partial charge in [0.1, 0.15) is 0 Å². The molecule has 2 heterocycles. The topological polar surface area (TPSA) is 24.3 Å². The van der Waals surface area contributed by atoms with Gasteiger partial charge in [-0.05, 0) is 48.6 Å². The smallest absolute Gasteiger partial charge is 0.206 e. The van der Waals surface area contributed by atoms with E-state index in [0.29, 0.717) is 0 Å². The summed E-state index contributed by atoms with van der Waals surface area (Å²) >= 11 is 0. The third kappa shape index (κ3) is 3.85. The van der Waals surface area contributed by atoms with E-state index in [1.165, 1.54) is 42.3 Å². The maximum absolute atomic E-state index is 5.03. The SMILES string of the molecule is C[C@@H]1CCCCC1c1ccc(Cn2c(N3CCN(C)CC3)nc3ccccc32)cc1. The molecular formula is C26H34N4. The van der Waals surface area contributed by atoms with Gasteiger partial charge in [0.25, 0.3) is 0 Å². The van der Waals surface area contributed by atoms with Crippen LogP contribution in [0.25, 0.3) is 11.0 Å². The van der Waals surface area contributed by atoms with E-state index in [0.717, 1.165) is 56.0 Å². The molecular weight excluding hydrogens is 368 g/mol. The van der Waals surface area contributed by atoms with E-state index < -0.39 is 0 Å². The molecule has 3 aromatic rings. The molecule has 0 spiro atoms. The van der Waals surface area contributed by atoms with Crippen molar-refractivity contribution in [1.82, 2.24) is 14.5 Å². The van der Waals surface area contributed by atoms with Crippen molar-refractivity contribution in [1.29, 1.82) is 0 Å². The number of fused-ring (bicyclic) bond motifs is 1. The minimum atomic E-state index is 0.739. The zero-order valence-corrected chi connectivity index (χ0v) is 18.4. The van der Waals surface area contributed by atoms with Crippen LogP contribution in [-0.2, 0) is 6.54 Å². The second-order valence-corrected chi connectivity index (χ2v) is 9.39. The molecule has 0 amide bonds. The average Bonchev–Trinajstić information content (AvgIpc) is 3.14. The Morgan fingerprint density at radius 1 is 0.900 bits per heavy atom. The molecule has 2 aromatic carbocycles. The van der Waals surface area contributed by atoms with Crippen LogP contribution in [0.5, 0.6) is 0 Å². The summed E-state index contributed by atoms with van der Waals surface area (Å²) < 4.78 is 2.42. The molecule has 1 aliphatic heterocycles. The Morgan fingerprint density at radius 2 is 1.63 bits per heavy atom. The predicted molar refractivity (Wildman–Crippen MR) is 125 cm³/mol. The fourth-order valence-corrected chi connectivity index (χ4v) is 5.33. The van der Waals surface area contributed by atoms with Gasteiger partial charge >= 0.3 is 0 Å². The Labute approximate surface area is 180 Å². The van der Waals surface area contributed by atoms with Crippen LogP contribution in [0, 0.1) is 5.92 Å². The Kier molecular flexibility index (Phi) is 5.51. The van der Waals surface area contributed by atoms with E-state index in [1.54, 1.807) is 0 Å². The molecule has 4 heteroatoms. The first-order valence-electron chi connectivity index (χ1n) is 11.7. The van der Waals surface area contributed by atoms with Gasteiger partial charge in [-0.2, -0.15) is 0 Å². The van der Waals surface area contributed by atoms with Crippen molar-refractivity contribution in [2.75, 3.05) is 38.1 Å². The third-order valence-corrected chi connectivity index (χ3v) is 7.28. The summed E-state index contributed by atoms with van der Waals surface area (Å²) in [4.78, 5) is 9.88. The van der Waals surface area contributed by atoms with Crippen molar-refractivity contribution < 1.29 is 0 Å². The Bertz CT molecular complexity index is 982. The average molecular weight is 403 g/mol. The molecule has 4 nitrogen and oxygen atoms in total. The van der Waals surface area contributed by atoms with Gasteiger partial charge in [0.15, 0.2) is 0 Å². The lowest BCUT2D eigenvalue weighted by molar-refractivity contribution is 0.310. The van der Waals surface area contributed by atoms with E-state index >= 15 is 0 Å². The normalized spacial score (nSPS) is 23.2. The van der Waals surface area contributed by atoms with E-state index in [2.05, 4.69) is 76.9 Å². The quantitative estimate of drug-likeness (QED) is 0.605. The van der Waals surface area contributed by atoms with Crippen LogP contribution in [0.3, 0.4) is 0 Å². The lowest BCUT2D eigenvalue weighted by atomic mass is 9.76. The molecule has 1 saturated carbocycles. The van der Waals surface area contributed by atoms with Gasteiger partial charge in [-0.1, -0.05) is 62.6 Å². The first-order chi connectivity index (χ1) is 14.7. The van der Waals surface area contributed by atoms with Crippen LogP contribution in [-0.4, -0.2) is 47.7 Å². The van der Waals surface area contributed by atoms with Gasteiger partial charge in [0.2, 0.25) is 5.95 Å². The molecule has 1 unspecified atom stereocenters. The maximum atomic E-state index is 5.03. The Balaban J connectivity index is 1.42. The second kappa shape index (κ2) is 8.43. The van der Waals surface area contributed by atoms with Crippen LogP contribution < -0.4 is 4.90 Å². The predicted octanol–water partition coefficient (Wildman–Crippen LogP) is 5.13. The highest BCUT2D eigenvalue weighted by Crippen LogP contribution is 2.37. The van der Waals surface area contributed by atoms with Gasteiger partial charge in [0.05, 0.1) is 17.6 Å². The lowest BCUT2D eigenvalue weighted by Gasteiger charge is -2.33. The third-order valence-electron chi connectivity index (χ3n) is 7.28. The molecule has 0 N–H and O–H groups in total. The molecule has 1 aliphatic carbocycles. The number of aromatic nitrogens is 2. The number of hydrogen-bond donors (Lipinski definition) is 0. The number of imidazole rings is 1. The first-order valence-corrected chi connectivity index (χ1v) is 11.7. The molecule has 2 aliphatic rings. The number of hydrogen-bond acceptors (Lipinski definition) is 3. The molecule has 5 rings (SSSR count). The van der Waals surface area contributed by atoms with Crippen LogP contribution in [0.4, 0.5) is 5.95 Å². The Hall–Kier alpha value is -2.33. The molecule has 1 aromatic heterocycles. The number of piperazine rings is 1. The highest BCUT2D eigenvalue weighted by atomic mass is 15.3. The van der Waals surface area contributed by atoms with Gasteiger partial charge < -0.3 is 14.4 Å². The van der Waals surface area contributed by atoms with Crippen molar-refractivity contribution in [3.05, 3.63) is 59.7 Å². The molecule has 30 heavy (non-hydrogen) atoms. The fraction of sp³-hybridized carbons (Fsp3) is 0.500. The van der Waals surface area contributed by atoms with Crippen molar-refractivity contribution in [2.45, 2.75) is 45.1 Å². The van der Waals surface area contributed by atoms with Gasteiger partial charge in [-0.15, -0.1) is 0 Å². The fourth-order valence-electron chi connectivity index (χ4n) is 5.33. The summed E-state index contributed by atoms with van der Waals surface area (Å²) in [7, 11) is 2.20. The molecule has 1 saturated heterocycles. The van der Waals surface area contributed by atoms with Crippen molar-refractivity contribution in [3.63, 3.8) is 0 Å². The number of rotatable bonds is 4. The summed E-state index contributed by atoms with van der Waals surface area (Å²) in [6.45, 7) is 7.58. The molecule has 158 valence electrons. The van der Waals surface area contributed by atoms with Crippen molar-refractivity contribution in [2.24, 2.45) is 5.92 Å². The second-order valence-electron chi connectivity index (χ2n) is 9.39. The Morgan fingerprint density at radius 3 is 2.40 bits per heavy atom. The minimum absolute atomic E-state index is 0.739. The maximum Gasteiger partial charge on any atom is 0.206 e. The van der Waals surface area contributed by atoms with Crippen LogP contribution in [0.15, 0.2) is 48.5 Å². The number of benzene rings is 2. The number of nitrogens with zero attached hydrogens (tertiary/aromatic N) is 4. The summed E-state index contributed by atoms with van der Waals surface area (Å²) in [6.07, 6.45) is 5.51. The number of anilines is 1. The largest absolute Gasteiger partial charge is 0.340 e. The lowest BCUT2D eigenvalue weighted by Crippen LogP contribution is -2.45. The summed E-state index contributed by atoms with van der Waals surface area (Å²) in [5.41, 5.74) is 5.22. The van der Waals surface area contributed by atoms with E-state index in [9.17, 15) is 0 Å². The molecule has 0 bridgehead atoms. The molecule has 2 fully saturated rings. The summed E-state index contributed by atoms with van der Waals surface area (Å²) in [6, 6.07) is 18.0. The van der Waals surface area contributed by atoms with Crippen LogP contribution in [0.1, 0.15) is 49.7 Å². The van der Waals surface area contributed by atoms with Crippen LogP contribution >= 0.6 is 0 Å². The van der Waals surface area contributed by atoms with E-state index in [-0.39, 0.29) is 0 Å². The van der Waals surface area contributed by atoms with Gasteiger partial charge in [-0.25, -0.2) is 4.98 Å². The molecule has 0 radical (unpaired) electrons. The van der Waals surface area contributed by atoms with E-state index in [4.69, 9.17) is 4.98 Å².